The Balaban J connectivity index is 1.23. The molecule has 0 amide bonds. The Morgan fingerprint density at radius 3 is 1.71 bits per heavy atom. The van der Waals surface area contributed by atoms with Gasteiger partial charge in [0.15, 0.2) is 23.1 Å². The maximum Gasteiger partial charge on any atom is 0.164 e. The molecule has 7 aromatic carbocycles. The maximum absolute atomic E-state index is 6.83. The van der Waals surface area contributed by atoms with Crippen LogP contribution < -0.4 is 0 Å². The number of rotatable bonds is 4. The Morgan fingerprint density at radius 1 is 0.392 bits per heavy atom. The monoisotopic (exact) mass is 654 g/mol. The van der Waals surface area contributed by atoms with E-state index in [4.69, 9.17) is 23.8 Å². The normalized spacial score (nSPS) is 11.9. The lowest BCUT2D eigenvalue weighted by atomic mass is 10.0. The van der Waals surface area contributed by atoms with Crippen LogP contribution in [-0.4, -0.2) is 19.5 Å². The first-order valence-electron chi connectivity index (χ1n) is 16.9. The van der Waals surface area contributed by atoms with Gasteiger partial charge in [-0.1, -0.05) is 115 Å². The lowest BCUT2D eigenvalue weighted by Crippen LogP contribution is -2.01. The molecule has 0 spiro atoms. The topological polar surface area (TPSA) is 69.9 Å². The molecule has 0 aliphatic rings. The second kappa shape index (κ2) is 10.7. The lowest BCUT2D eigenvalue weighted by Gasteiger charge is -2.12. The van der Waals surface area contributed by atoms with E-state index in [0.29, 0.717) is 17.5 Å². The molecule has 0 radical (unpaired) electrons. The van der Waals surface area contributed by atoms with Crippen molar-refractivity contribution in [1.82, 2.24) is 19.5 Å². The van der Waals surface area contributed by atoms with Crippen molar-refractivity contribution in [2.24, 2.45) is 0 Å². The van der Waals surface area contributed by atoms with Gasteiger partial charge in [0, 0.05) is 49.0 Å². The van der Waals surface area contributed by atoms with Gasteiger partial charge in [-0.15, -0.1) is 0 Å². The molecule has 0 atom stereocenters. The largest absolute Gasteiger partial charge is 0.456 e. The van der Waals surface area contributed by atoms with E-state index >= 15 is 0 Å². The van der Waals surface area contributed by atoms with Gasteiger partial charge in [0.2, 0.25) is 0 Å². The first kappa shape index (κ1) is 27.9. The quantitative estimate of drug-likeness (QED) is 0.189. The molecule has 4 heterocycles. The zero-order valence-corrected chi connectivity index (χ0v) is 27.1. The van der Waals surface area contributed by atoms with E-state index < -0.39 is 0 Å². The molecule has 0 saturated heterocycles. The van der Waals surface area contributed by atoms with Gasteiger partial charge in [-0.05, 0) is 42.5 Å². The van der Waals surface area contributed by atoms with Crippen LogP contribution in [0.25, 0.3) is 106 Å². The van der Waals surface area contributed by atoms with Crippen molar-refractivity contribution < 1.29 is 8.83 Å². The molecule has 0 unspecified atom stereocenters. The molecule has 11 aromatic rings. The van der Waals surface area contributed by atoms with Crippen molar-refractivity contribution in [3.05, 3.63) is 158 Å². The van der Waals surface area contributed by atoms with E-state index in [1.54, 1.807) is 0 Å². The SMILES string of the molecule is c1ccc(-c2nc(-c3ccccc3)nc(-c3ccc(-n4c5ccccc5c5cc6oc7ccccc7c6cc54)c4oc5ccccc5c34)n2)cc1. The van der Waals surface area contributed by atoms with Crippen LogP contribution in [-0.2, 0) is 0 Å². The standard InChI is InChI=1S/C45H26N4O2/c1-3-13-27(14-4-1)43-46-44(28-15-5-2-6-16-28)48-45(47-43)32-23-24-36(42-41(32)31-19-9-12-22-39(31)51-42)49-35-20-10-7-17-29(35)33-26-40-34(25-37(33)49)30-18-8-11-21-38(30)50-40/h1-26H. The van der Waals surface area contributed by atoms with Gasteiger partial charge in [-0.3, -0.25) is 0 Å². The van der Waals surface area contributed by atoms with Crippen LogP contribution in [0.15, 0.2) is 167 Å². The number of aromatic nitrogens is 4. The minimum atomic E-state index is 0.583. The molecule has 0 aliphatic heterocycles. The molecule has 11 rings (SSSR count). The van der Waals surface area contributed by atoms with E-state index in [-0.39, 0.29) is 0 Å². The van der Waals surface area contributed by atoms with E-state index in [1.807, 2.05) is 91.0 Å². The minimum absolute atomic E-state index is 0.583. The van der Waals surface area contributed by atoms with Gasteiger partial charge in [-0.2, -0.15) is 0 Å². The first-order valence-corrected chi connectivity index (χ1v) is 16.9. The van der Waals surface area contributed by atoms with Crippen LogP contribution in [0.1, 0.15) is 0 Å². The van der Waals surface area contributed by atoms with E-state index in [9.17, 15) is 0 Å². The van der Waals surface area contributed by atoms with Gasteiger partial charge >= 0.3 is 0 Å². The zero-order chi connectivity index (χ0) is 33.5. The van der Waals surface area contributed by atoms with Crippen molar-refractivity contribution >= 4 is 65.7 Å². The number of hydrogen-bond donors (Lipinski definition) is 0. The highest BCUT2D eigenvalue weighted by Gasteiger charge is 2.23. The summed E-state index contributed by atoms with van der Waals surface area (Å²) < 4.78 is 15.5. The van der Waals surface area contributed by atoms with Crippen molar-refractivity contribution in [1.29, 1.82) is 0 Å². The Kier molecular flexibility index (Phi) is 5.86. The molecule has 0 fully saturated rings. The number of benzene rings is 7. The fourth-order valence-corrected chi connectivity index (χ4v) is 7.55. The molecule has 6 heteroatoms. The fourth-order valence-electron chi connectivity index (χ4n) is 7.55. The highest BCUT2D eigenvalue weighted by atomic mass is 16.3. The van der Waals surface area contributed by atoms with E-state index in [0.717, 1.165) is 88.1 Å². The van der Waals surface area contributed by atoms with Crippen LogP contribution in [0.2, 0.25) is 0 Å². The fraction of sp³-hybridized carbons (Fsp3) is 0. The summed E-state index contributed by atoms with van der Waals surface area (Å²) in [7, 11) is 0. The van der Waals surface area contributed by atoms with Gasteiger partial charge in [-0.25, -0.2) is 15.0 Å². The third-order valence-corrected chi connectivity index (χ3v) is 9.86. The minimum Gasteiger partial charge on any atom is -0.456 e. The number of furan rings is 2. The zero-order valence-electron chi connectivity index (χ0n) is 27.1. The summed E-state index contributed by atoms with van der Waals surface area (Å²) in [6.07, 6.45) is 0. The number of fused-ring (bicyclic) bond motifs is 9. The van der Waals surface area contributed by atoms with Crippen molar-refractivity contribution in [2.75, 3.05) is 0 Å². The average molecular weight is 655 g/mol. The summed E-state index contributed by atoms with van der Waals surface area (Å²) in [5.41, 5.74) is 9.11. The predicted molar refractivity (Wildman–Crippen MR) is 205 cm³/mol. The van der Waals surface area contributed by atoms with Crippen LogP contribution in [0, 0.1) is 0 Å². The smallest absolute Gasteiger partial charge is 0.164 e. The van der Waals surface area contributed by atoms with Crippen molar-refractivity contribution in [3.8, 4) is 39.9 Å². The average Bonchev–Trinajstić information content (AvgIpc) is 3.87. The number of hydrogen-bond acceptors (Lipinski definition) is 5. The highest BCUT2D eigenvalue weighted by Crippen LogP contribution is 2.43. The Hall–Kier alpha value is -7.05. The molecular weight excluding hydrogens is 629 g/mol. The molecule has 0 aliphatic carbocycles. The summed E-state index contributed by atoms with van der Waals surface area (Å²) in [6.45, 7) is 0. The van der Waals surface area contributed by atoms with Crippen LogP contribution >= 0.6 is 0 Å². The van der Waals surface area contributed by atoms with E-state index in [1.165, 1.54) is 0 Å². The number of nitrogens with zero attached hydrogens (tertiary/aromatic N) is 4. The van der Waals surface area contributed by atoms with Gasteiger partial charge in [0.25, 0.3) is 0 Å². The molecule has 0 N–H and O–H groups in total. The third kappa shape index (κ3) is 4.20. The molecule has 6 nitrogen and oxygen atoms in total. The molecule has 0 saturated carbocycles. The van der Waals surface area contributed by atoms with Crippen molar-refractivity contribution in [3.63, 3.8) is 0 Å². The van der Waals surface area contributed by atoms with Crippen LogP contribution in [0.4, 0.5) is 0 Å². The Labute approximate surface area is 290 Å². The second-order valence-corrected chi connectivity index (χ2v) is 12.8. The highest BCUT2D eigenvalue weighted by molar-refractivity contribution is 6.19. The first-order chi connectivity index (χ1) is 25.3. The van der Waals surface area contributed by atoms with Gasteiger partial charge < -0.3 is 13.4 Å². The maximum atomic E-state index is 6.83. The predicted octanol–water partition coefficient (Wildman–Crippen LogP) is 11.8. The summed E-state index contributed by atoms with van der Waals surface area (Å²) in [6, 6.07) is 53.7. The van der Waals surface area contributed by atoms with Crippen LogP contribution in [0.5, 0.6) is 0 Å². The van der Waals surface area contributed by atoms with Gasteiger partial charge in [0.1, 0.15) is 16.7 Å². The number of para-hydroxylation sites is 3. The molecular formula is C45H26N4O2. The van der Waals surface area contributed by atoms with Gasteiger partial charge in [0.05, 0.1) is 16.7 Å². The third-order valence-electron chi connectivity index (χ3n) is 9.86. The Bertz CT molecular complexity index is 3080. The second-order valence-electron chi connectivity index (χ2n) is 12.8. The van der Waals surface area contributed by atoms with Crippen molar-refractivity contribution in [2.45, 2.75) is 0 Å². The summed E-state index contributed by atoms with van der Waals surface area (Å²) in [5.74, 6) is 1.81. The van der Waals surface area contributed by atoms with Crippen LogP contribution in [0.3, 0.4) is 0 Å². The Morgan fingerprint density at radius 2 is 0.980 bits per heavy atom. The molecule has 4 aromatic heterocycles. The van der Waals surface area contributed by atoms with E-state index in [2.05, 4.69) is 71.3 Å². The summed E-state index contributed by atoms with van der Waals surface area (Å²) in [4.78, 5) is 15.1. The molecule has 0 bridgehead atoms. The lowest BCUT2D eigenvalue weighted by molar-refractivity contribution is 0.666. The molecule has 238 valence electrons. The summed E-state index contributed by atoms with van der Waals surface area (Å²) in [5, 5.41) is 6.37. The summed E-state index contributed by atoms with van der Waals surface area (Å²) >= 11 is 0. The molecule has 51 heavy (non-hydrogen) atoms.